The molecule has 0 bridgehead atoms. The molecule has 14 heavy (non-hydrogen) atoms. The van der Waals surface area contributed by atoms with Crippen LogP contribution in [-0.4, -0.2) is 39.1 Å². The molecule has 0 radical (unpaired) electrons. The zero-order valence-electron chi connectivity index (χ0n) is 7.30. The van der Waals surface area contributed by atoms with Gasteiger partial charge in [-0.15, -0.1) is 0 Å². The van der Waals surface area contributed by atoms with Crippen LogP contribution in [0.25, 0.3) is 0 Å². The Balaban J connectivity index is 3.64. The average Bonchev–Trinajstić information content (AvgIpc) is 2.10. The van der Waals surface area contributed by atoms with Gasteiger partial charge in [-0.05, 0) is 0 Å². The molecule has 0 aliphatic heterocycles. The lowest BCUT2D eigenvalue weighted by Crippen LogP contribution is -2.32. The van der Waals surface area contributed by atoms with Gasteiger partial charge in [-0.2, -0.15) is 0 Å². The Hall–Kier alpha value is -1.08. The molecule has 1 atom stereocenters. The van der Waals surface area contributed by atoms with Crippen LogP contribution in [0.4, 0.5) is 0 Å². The summed E-state index contributed by atoms with van der Waals surface area (Å²) in [5, 5.41) is 16.3. The molecule has 0 spiro atoms. The molecule has 0 fully saturated rings. The molecule has 0 saturated heterocycles. The predicted octanol–water partition coefficient (Wildman–Crippen LogP) is -0.477. The third-order valence-corrected chi connectivity index (χ3v) is 2.34. The van der Waals surface area contributed by atoms with Gasteiger partial charge < -0.3 is 15.9 Å². The Bertz CT molecular complexity index is 242. The summed E-state index contributed by atoms with van der Waals surface area (Å²) in [6.07, 6.45) is -0.347. The molecular weight excluding hydrogens is 210 g/mol. The van der Waals surface area contributed by atoms with E-state index < -0.39 is 18.0 Å². The molecule has 6 nitrogen and oxygen atoms in total. The van der Waals surface area contributed by atoms with E-state index in [9.17, 15) is 14.4 Å². The van der Waals surface area contributed by atoms with Gasteiger partial charge in [0.2, 0.25) is 0 Å². The lowest BCUT2D eigenvalue weighted by molar-refractivity contribution is -0.138. The fraction of sp³-hybridized carbons (Fsp3) is 0.571. The van der Waals surface area contributed by atoms with Crippen LogP contribution in [0.1, 0.15) is 12.8 Å². The minimum Gasteiger partial charge on any atom is -0.481 e. The van der Waals surface area contributed by atoms with Gasteiger partial charge in [0.1, 0.15) is 6.04 Å². The molecule has 0 heterocycles. The van der Waals surface area contributed by atoms with Gasteiger partial charge in [0.25, 0.3) is 0 Å². The lowest BCUT2D eigenvalue weighted by atomic mass is 10.3. The van der Waals surface area contributed by atoms with Crippen LogP contribution in [0, 0.1) is 0 Å². The first kappa shape index (κ1) is 12.9. The standard InChI is InChI=1S/C7H11NO5S/c8-4(7(12)13)3-14-6(11)2-1-5(9)10/h4H,1-3,8H2,(H,9,10)(H,12,13)/t4-/m0/s1. The van der Waals surface area contributed by atoms with Gasteiger partial charge in [-0.3, -0.25) is 14.4 Å². The Morgan fingerprint density at radius 3 is 2.21 bits per heavy atom. The third-order valence-electron chi connectivity index (χ3n) is 1.28. The highest BCUT2D eigenvalue weighted by Gasteiger charge is 2.14. The van der Waals surface area contributed by atoms with Crippen LogP contribution in [-0.2, 0) is 14.4 Å². The molecule has 0 saturated carbocycles. The molecule has 7 heteroatoms. The minimum absolute atomic E-state index is 0.0339. The van der Waals surface area contributed by atoms with Gasteiger partial charge in [-0.25, -0.2) is 0 Å². The summed E-state index contributed by atoms with van der Waals surface area (Å²) >= 11 is 0.747. The smallest absolute Gasteiger partial charge is 0.321 e. The molecule has 0 amide bonds. The van der Waals surface area contributed by atoms with Gasteiger partial charge >= 0.3 is 11.9 Å². The van der Waals surface area contributed by atoms with Crippen molar-refractivity contribution in [3.63, 3.8) is 0 Å². The van der Waals surface area contributed by atoms with E-state index in [1.807, 2.05) is 0 Å². The lowest BCUT2D eigenvalue weighted by Gasteiger charge is -2.03. The van der Waals surface area contributed by atoms with E-state index in [1.165, 1.54) is 0 Å². The summed E-state index contributed by atoms with van der Waals surface area (Å²) in [5.74, 6) is -2.27. The number of nitrogens with two attached hydrogens (primary N) is 1. The molecule has 0 rings (SSSR count). The van der Waals surface area contributed by atoms with Crippen LogP contribution in [0.3, 0.4) is 0 Å². The summed E-state index contributed by atoms with van der Waals surface area (Å²) in [4.78, 5) is 31.2. The van der Waals surface area contributed by atoms with E-state index in [0.717, 1.165) is 11.8 Å². The van der Waals surface area contributed by atoms with E-state index in [1.54, 1.807) is 0 Å². The number of carbonyl (C=O) groups excluding carboxylic acids is 1. The van der Waals surface area contributed by atoms with Gasteiger partial charge in [0.05, 0.1) is 6.42 Å². The summed E-state index contributed by atoms with van der Waals surface area (Å²) in [6, 6.07) is -1.09. The Morgan fingerprint density at radius 1 is 1.21 bits per heavy atom. The third kappa shape index (κ3) is 6.44. The fourth-order valence-corrected chi connectivity index (χ4v) is 1.29. The molecule has 0 aliphatic carbocycles. The largest absolute Gasteiger partial charge is 0.481 e. The number of aliphatic carboxylic acids is 2. The number of rotatable bonds is 6. The topological polar surface area (TPSA) is 118 Å². The van der Waals surface area contributed by atoms with E-state index >= 15 is 0 Å². The highest BCUT2D eigenvalue weighted by atomic mass is 32.2. The molecule has 0 aromatic carbocycles. The number of thioether (sulfide) groups is 1. The molecule has 0 aliphatic rings. The first-order valence-corrected chi connectivity index (χ1v) is 4.78. The van der Waals surface area contributed by atoms with Crippen molar-refractivity contribution in [2.24, 2.45) is 5.73 Å². The maximum Gasteiger partial charge on any atom is 0.321 e. The van der Waals surface area contributed by atoms with Crippen molar-refractivity contribution in [1.29, 1.82) is 0 Å². The van der Waals surface area contributed by atoms with Crippen LogP contribution >= 0.6 is 11.8 Å². The normalized spacial score (nSPS) is 12.1. The number of hydrogen-bond donors (Lipinski definition) is 3. The molecule has 0 aromatic rings. The van der Waals surface area contributed by atoms with Gasteiger partial charge in [0.15, 0.2) is 5.12 Å². The summed E-state index contributed by atoms with van der Waals surface area (Å²) in [5.41, 5.74) is 5.13. The summed E-state index contributed by atoms with van der Waals surface area (Å²) < 4.78 is 0. The molecular formula is C7H11NO5S. The van der Waals surface area contributed by atoms with Crippen LogP contribution < -0.4 is 5.73 Å². The molecule has 0 unspecified atom stereocenters. The zero-order valence-corrected chi connectivity index (χ0v) is 8.12. The first-order chi connectivity index (χ1) is 6.43. The van der Waals surface area contributed by atoms with E-state index in [-0.39, 0.29) is 23.7 Å². The number of carboxylic acid groups (broad SMARTS) is 2. The van der Waals surface area contributed by atoms with Crippen molar-refractivity contribution in [3.05, 3.63) is 0 Å². The minimum atomic E-state index is -1.18. The highest BCUT2D eigenvalue weighted by molar-refractivity contribution is 8.13. The number of carbonyl (C=O) groups is 3. The SMILES string of the molecule is N[C@@H](CSC(=O)CCC(=O)O)C(=O)O. The van der Waals surface area contributed by atoms with Crippen molar-refractivity contribution in [2.45, 2.75) is 18.9 Å². The summed E-state index contributed by atoms with van der Waals surface area (Å²) in [7, 11) is 0. The van der Waals surface area contributed by atoms with Crippen molar-refractivity contribution in [3.8, 4) is 0 Å². The number of hydrogen-bond acceptors (Lipinski definition) is 5. The molecule has 4 N–H and O–H groups in total. The summed E-state index contributed by atoms with van der Waals surface area (Å²) in [6.45, 7) is 0. The monoisotopic (exact) mass is 221 g/mol. The van der Waals surface area contributed by atoms with Gasteiger partial charge in [0, 0.05) is 12.2 Å². The van der Waals surface area contributed by atoms with Crippen molar-refractivity contribution < 1.29 is 24.6 Å². The second-order valence-electron chi connectivity index (χ2n) is 2.52. The molecule has 80 valence electrons. The van der Waals surface area contributed by atoms with E-state index in [0.29, 0.717) is 0 Å². The zero-order chi connectivity index (χ0) is 11.1. The van der Waals surface area contributed by atoms with Crippen molar-refractivity contribution in [1.82, 2.24) is 0 Å². The molecule has 0 aromatic heterocycles. The quantitative estimate of drug-likeness (QED) is 0.554. The van der Waals surface area contributed by atoms with E-state index in [4.69, 9.17) is 15.9 Å². The van der Waals surface area contributed by atoms with Gasteiger partial charge in [-0.1, -0.05) is 11.8 Å². The van der Waals surface area contributed by atoms with Crippen molar-refractivity contribution in [2.75, 3.05) is 5.75 Å². The maximum atomic E-state index is 10.9. The number of carboxylic acids is 2. The fourth-order valence-electron chi connectivity index (χ4n) is 0.535. The Labute approximate surface area is 84.5 Å². The predicted molar refractivity (Wildman–Crippen MR) is 49.9 cm³/mol. The average molecular weight is 221 g/mol. The van der Waals surface area contributed by atoms with Crippen molar-refractivity contribution >= 4 is 28.8 Å². The van der Waals surface area contributed by atoms with Crippen LogP contribution in [0.5, 0.6) is 0 Å². The van der Waals surface area contributed by atoms with Crippen LogP contribution in [0.2, 0.25) is 0 Å². The highest BCUT2D eigenvalue weighted by Crippen LogP contribution is 2.08. The Morgan fingerprint density at radius 2 is 1.79 bits per heavy atom. The van der Waals surface area contributed by atoms with E-state index in [2.05, 4.69) is 0 Å². The van der Waals surface area contributed by atoms with Crippen LogP contribution in [0.15, 0.2) is 0 Å². The maximum absolute atomic E-state index is 10.9. The Kier molecular flexibility index (Phi) is 5.89. The second-order valence-corrected chi connectivity index (χ2v) is 3.60. The first-order valence-electron chi connectivity index (χ1n) is 3.79. The second kappa shape index (κ2) is 6.39.